The fourth-order valence-electron chi connectivity index (χ4n) is 1.94. The SMILES string of the molecule is CC(C)(C)[Si](C)(C)OCc1cccc(-c2cnc(N)c(C=O)n2)c1. The van der Waals surface area contributed by atoms with Gasteiger partial charge in [-0.3, -0.25) is 4.79 Å². The van der Waals surface area contributed by atoms with Gasteiger partial charge in [0.05, 0.1) is 18.5 Å². The van der Waals surface area contributed by atoms with Crippen LogP contribution < -0.4 is 5.73 Å². The summed E-state index contributed by atoms with van der Waals surface area (Å²) in [6, 6.07) is 7.94. The minimum Gasteiger partial charge on any atom is -0.413 e. The lowest BCUT2D eigenvalue weighted by atomic mass is 10.1. The van der Waals surface area contributed by atoms with Gasteiger partial charge in [-0.1, -0.05) is 39.0 Å². The largest absolute Gasteiger partial charge is 0.413 e. The average molecular weight is 344 g/mol. The number of anilines is 1. The van der Waals surface area contributed by atoms with E-state index in [1.54, 1.807) is 6.20 Å². The maximum Gasteiger partial charge on any atom is 0.192 e. The average Bonchev–Trinajstić information content (AvgIpc) is 2.53. The predicted octanol–water partition coefficient (Wildman–Crippen LogP) is 4.06. The van der Waals surface area contributed by atoms with E-state index in [0.717, 1.165) is 11.1 Å². The summed E-state index contributed by atoms with van der Waals surface area (Å²) in [4.78, 5) is 19.3. The van der Waals surface area contributed by atoms with Gasteiger partial charge in [-0.25, -0.2) is 9.97 Å². The van der Waals surface area contributed by atoms with Crippen molar-refractivity contribution < 1.29 is 9.22 Å². The Morgan fingerprint density at radius 1 is 1.29 bits per heavy atom. The van der Waals surface area contributed by atoms with Crippen molar-refractivity contribution in [2.45, 2.75) is 45.5 Å². The van der Waals surface area contributed by atoms with Gasteiger partial charge in [-0.2, -0.15) is 0 Å². The van der Waals surface area contributed by atoms with Crippen LogP contribution in [0.5, 0.6) is 0 Å². The fourth-order valence-corrected chi connectivity index (χ4v) is 2.90. The van der Waals surface area contributed by atoms with E-state index in [9.17, 15) is 4.79 Å². The molecule has 1 aromatic carbocycles. The molecule has 128 valence electrons. The van der Waals surface area contributed by atoms with Crippen molar-refractivity contribution in [1.29, 1.82) is 0 Å². The number of nitrogens with zero attached hydrogens (tertiary/aromatic N) is 2. The van der Waals surface area contributed by atoms with Crippen molar-refractivity contribution in [2.24, 2.45) is 0 Å². The van der Waals surface area contributed by atoms with Crippen LogP contribution in [0.2, 0.25) is 18.1 Å². The standard InChI is InChI=1S/C18H25N3O2Si/c1-18(2,3)24(4,5)23-12-13-7-6-8-14(9-13)15-10-20-17(19)16(11-22)21-15/h6-11H,12H2,1-5H3,(H2,19,20). The van der Waals surface area contributed by atoms with Gasteiger partial charge in [0.15, 0.2) is 20.4 Å². The molecule has 6 heteroatoms. The third-order valence-corrected chi connectivity index (χ3v) is 9.05. The number of hydrogen-bond donors (Lipinski definition) is 1. The third kappa shape index (κ3) is 4.07. The van der Waals surface area contributed by atoms with Gasteiger partial charge in [0.1, 0.15) is 5.69 Å². The molecule has 24 heavy (non-hydrogen) atoms. The Labute approximate surface area is 144 Å². The molecule has 0 amide bonds. The molecule has 0 unspecified atom stereocenters. The summed E-state index contributed by atoms with van der Waals surface area (Å²) in [7, 11) is -1.80. The van der Waals surface area contributed by atoms with Crippen molar-refractivity contribution in [3.8, 4) is 11.3 Å². The summed E-state index contributed by atoms with van der Waals surface area (Å²) < 4.78 is 6.26. The second kappa shape index (κ2) is 6.82. The normalized spacial score (nSPS) is 12.2. The second-order valence-corrected chi connectivity index (χ2v) is 12.2. The van der Waals surface area contributed by atoms with Gasteiger partial charge < -0.3 is 10.2 Å². The quantitative estimate of drug-likeness (QED) is 0.654. The van der Waals surface area contributed by atoms with E-state index in [-0.39, 0.29) is 16.6 Å². The predicted molar refractivity (Wildman–Crippen MR) is 99.3 cm³/mol. The van der Waals surface area contributed by atoms with Crippen LogP contribution in [0.4, 0.5) is 5.82 Å². The van der Waals surface area contributed by atoms with Crippen molar-refractivity contribution in [2.75, 3.05) is 5.73 Å². The third-order valence-electron chi connectivity index (χ3n) is 4.57. The Balaban J connectivity index is 2.22. The van der Waals surface area contributed by atoms with E-state index < -0.39 is 8.32 Å². The van der Waals surface area contributed by atoms with Crippen molar-refractivity contribution in [3.05, 3.63) is 41.7 Å². The van der Waals surface area contributed by atoms with Crippen LogP contribution in [0.15, 0.2) is 30.5 Å². The van der Waals surface area contributed by atoms with Crippen LogP contribution in [0.3, 0.4) is 0 Å². The van der Waals surface area contributed by atoms with Gasteiger partial charge in [0.25, 0.3) is 0 Å². The zero-order chi connectivity index (χ0) is 18.0. The van der Waals surface area contributed by atoms with E-state index in [1.165, 1.54) is 0 Å². The Hall–Kier alpha value is -2.05. The van der Waals surface area contributed by atoms with Gasteiger partial charge in [0.2, 0.25) is 0 Å². The minimum absolute atomic E-state index is 0.145. The molecule has 5 nitrogen and oxygen atoms in total. The molecule has 1 heterocycles. The van der Waals surface area contributed by atoms with Crippen LogP contribution in [-0.4, -0.2) is 24.6 Å². The first kappa shape index (κ1) is 18.3. The molecule has 2 rings (SSSR count). The van der Waals surface area contributed by atoms with Gasteiger partial charge in [-0.15, -0.1) is 0 Å². The van der Waals surface area contributed by atoms with E-state index in [4.69, 9.17) is 10.2 Å². The molecule has 2 N–H and O–H groups in total. The molecule has 0 aliphatic rings. The highest BCUT2D eigenvalue weighted by molar-refractivity contribution is 6.74. The maximum atomic E-state index is 11.0. The highest BCUT2D eigenvalue weighted by Crippen LogP contribution is 2.37. The van der Waals surface area contributed by atoms with Crippen LogP contribution in [-0.2, 0) is 11.0 Å². The molecule has 0 saturated carbocycles. The summed E-state index contributed by atoms with van der Waals surface area (Å²) in [5.74, 6) is 0.145. The number of nitrogen functional groups attached to an aromatic ring is 1. The summed E-state index contributed by atoms with van der Waals surface area (Å²) in [5, 5.41) is 0.173. The molecule has 0 fully saturated rings. The maximum absolute atomic E-state index is 11.0. The molecule has 0 atom stereocenters. The number of carbonyl (C=O) groups is 1. The first-order valence-electron chi connectivity index (χ1n) is 7.95. The molecule has 0 aliphatic heterocycles. The van der Waals surface area contributed by atoms with E-state index >= 15 is 0 Å². The number of aromatic nitrogens is 2. The topological polar surface area (TPSA) is 78.1 Å². The lowest BCUT2D eigenvalue weighted by Gasteiger charge is -2.36. The van der Waals surface area contributed by atoms with Gasteiger partial charge in [0, 0.05) is 5.56 Å². The monoisotopic (exact) mass is 343 g/mol. The number of aldehydes is 1. The molecule has 0 spiro atoms. The highest BCUT2D eigenvalue weighted by atomic mass is 28.4. The minimum atomic E-state index is -1.80. The number of rotatable bonds is 5. The Morgan fingerprint density at radius 3 is 2.62 bits per heavy atom. The number of carbonyl (C=O) groups excluding carboxylic acids is 1. The summed E-state index contributed by atoms with van der Waals surface area (Å²) >= 11 is 0. The fraction of sp³-hybridized carbons (Fsp3) is 0.389. The molecule has 0 radical (unpaired) electrons. The van der Waals surface area contributed by atoms with Gasteiger partial charge in [-0.05, 0) is 29.8 Å². The molecular weight excluding hydrogens is 318 g/mol. The van der Waals surface area contributed by atoms with Gasteiger partial charge >= 0.3 is 0 Å². The molecule has 0 bridgehead atoms. The van der Waals surface area contributed by atoms with Crippen LogP contribution >= 0.6 is 0 Å². The van der Waals surface area contributed by atoms with E-state index in [2.05, 4.69) is 43.8 Å². The smallest absolute Gasteiger partial charge is 0.192 e. The van der Waals surface area contributed by atoms with E-state index in [1.807, 2.05) is 24.3 Å². The van der Waals surface area contributed by atoms with Crippen molar-refractivity contribution in [1.82, 2.24) is 9.97 Å². The Morgan fingerprint density at radius 2 is 2.00 bits per heavy atom. The number of benzene rings is 1. The zero-order valence-corrected chi connectivity index (χ0v) is 16.0. The molecule has 0 aliphatic carbocycles. The second-order valence-electron chi connectivity index (χ2n) is 7.39. The first-order chi connectivity index (χ1) is 11.1. The highest BCUT2D eigenvalue weighted by Gasteiger charge is 2.36. The molecule has 0 saturated heterocycles. The van der Waals surface area contributed by atoms with Crippen LogP contribution in [0, 0.1) is 0 Å². The molecule has 2 aromatic rings. The zero-order valence-electron chi connectivity index (χ0n) is 15.0. The lowest BCUT2D eigenvalue weighted by molar-refractivity contribution is 0.111. The van der Waals surface area contributed by atoms with Crippen LogP contribution in [0.1, 0.15) is 36.8 Å². The summed E-state index contributed by atoms with van der Waals surface area (Å²) in [5.41, 5.74) is 8.38. The van der Waals surface area contributed by atoms with Crippen molar-refractivity contribution in [3.63, 3.8) is 0 Å². The van der Waals surface area contributed by atoms with Crippen molar-refractivity contribution >= 4 is 20.4 Å². The first-order valence-corrected chi connectivity index (χ1v) is 10.9. The van der Waals surface area contributed by atoms with E-state index in [0.29, 0.717) is 18.6 Å². The summed E-state index contributed by atoms with van der Waals surface area (Å²) in [6.45, 7) is 11.7. The Kier molecular flexibility index (Phi) is 5.20. The Bertz CT molecular complexity index is 739. The lowest BCUT2D eigenvalue weighted by Crippen LogP contribution is -2.40. The molecule has 1 aromatic heterocycles. The van der Waals surface area contributed by atoms with Crippen LogP contribution in [0.25, 0.3) is 11.3 Å². The number of nitrogens with two attached hydrogens (primary N) is 1. The summed E-state index contributed by atoms with van der Waals surface area (Å²) in [6.07, 6.45) is 2.20. The number of hydrogen-bond acceptors (Lipinski definition) is 5. The molecular formula is C18H25N3O2Si.